The number of aromatic carboxylic acids is 1. The number of methoxy groups -OCH3 is 1. The highest BCUT2D eigenvalue weighted by Gasteiger charge is 2.15. The van der Waals surface area contributed by atoms with Crippen molar-refractivity contribution in [2.75, 3.05) is 7.11 Å². The summed E-state index contributed by atoms with van der Waals surface area (Å²) < 4.78 is 7.38. The van der Waals surface area contributed by atoms with Gasteiger partial charge in [-0.2, -0.15) is 5.10 Å². The van der Waals surface area contributed by atoms with E-state index in [2.05, 4.69) is 11.2 Å². The van der Waals surface area contributed by atoms with Gasteiger partial charge in [-0.3, -0.25) is 4.68 Å². The lowest BCUT2D eigenvalue weighted by Crippen LogP contribution is -2.05. The maximum atomic E-state index is 11.2. The quantitative estimate of drug-likeness (QED) is 0.410. The highest BCUT2D eigenvalue weighted by atomic mass is 35.5. The van der Waals surface area contributed by atoms with Crippen molar-refractivity contribution in [2.45, 2.75) is 13.5 Å². The minimum Gasteiger partial charge on any atom is -0.497 e. The summed E-state index contributed by atoms with van der Waals surface area (Å²) in [6.07, 6.45) is 1.77. The molecule has 0 aliphatic rings. The molecule has 0 bridgehead atoms. The van der Waals surface area contributed by atoms with E-state index >= 15 is 0 Å². The van der Waals surface area contributed by atoms with E-state index in [1.54, 1.807) is 25.4 Å². The molecular weight excluding hydrogens is 412 g/mol. The number of benzene rings is 3. The van der Waals surface area contributed by atoms with Crippen LogP contribution in [0.25, 0.3) is 22.4 Å². The van der Waals surface area contributed by atoms with Crippen LogP contribution in [0.5, 0.6) is 5.75 Å². The van der Waals surface area contributed by atoms with E-state index in [0.717, 1.165) is 39.3 Å². The van der Waals surface area contributed by atoms with Gasteiger partial charge in [-0.25, -0.2) is 4.79 Å². The van der Waals surface area contributed by atoms with Crippen molar-refractivity contribution in [3.63, 3.8) is 0 Å². The first-order chi connectivity index (χ1) is 14.9. The molecule has 0 radical (unpaired) electrons. The standard InChI is InChI=1S/C25H21ClN2O3/c1-16-11-17(13-20(26)12-16)15-28-24(9-10-27-28)23-14-21(31-2)7-8-22(23)18-3-5-19(6-4-18)25(29)30/h3-14H,15H2,1-2H3,(H,29,30). The van der Waals surface area contributed by atoms with Crippen LogP contribution in [0.3, 0.4) is 0 Å². The van der Waals surface area contributed by atoms with Gasteiger partial charge in [-0.1, -0.05) is 35.9 Å². The molecule has 0 atom stereocenters. The van der Waals surface area contributed by atoms with Crippen molar-refractivity contribution >= 4 is 17.6 Å². The molecule has 3 aromatic carbocycles. The fraction of sp³-hybridized carbons (Fsp3) is 0.120. The fourth-order valence-electron chi connectivity index (χ4n) is 3.67. The van der Waals surface area contributed by atoms with Crippen LogP contribution in [0.4, 0.5) is 0 Å². The summed E-state index contributed by atoms with van der Waals surface area (Å²) in [5, 5.41) is 14.4. The molecule has 0 saturated carbocycles. The van der Waals surface area contributed by atoms with Crippen LogP contribution in [0.15, 0.2) is 72.9 Å². The number of hydrogen-bond donors (Lipinski definition) is 1. The van der Waals surface area contributed by atoms with Gasteiger partial charge in [-0.15, -0.1) is 0 Å². The molecule has 6 heteroatoms. The van der Waals surface area contributed by atoms with E-state index in [1.165, 1.54) is 0 Å². The monoisotopic (exact) mass is 432 g/mol. The molecule has 31 heavy (non-hydrogen) atoms. The lowest BCUT2D eigenvalue weighted by Gasteiger charge is -2.15. The molecule has 0 saturated heterocycles. The average Bonchev–Trinajstić information content (AvgIpc) is 3.20. The summed E-state index contributed by atoms with van der Waals surface area (Å²) in [5.74, 6) is -0.219. The fourth-order valence-corrected chi connectivity index (χ4v) is 3.98. The van der Waals surface area contributed by atoms with Crippen LogP contribution in [0.1, 0.15) is 21.5 Å². The van der Waals surface area contributed by atoms with Crippen molar-refractivity contribution in [1.82, 2.24) is 9.78 Å². The van der Waals surface area contributed by atoms with E-state index in [0.29, 0.717) is 11.6 Å². The molecule has 0 unspecified atom stereocenters. The summed E-state index contributed by atoms with van der Waals surface area (Å²) in [4.78, 5) is 11.2. The molecule has 0 aliphatic heterocycles. The van der Waals surface area contributed by atoms with Gasteiger partial charge in [0.15, 0.2) is 0 Å². The molecule has 0 aliphatic carbocycles. The Morgan fingerprint density at radius 3 is 2.48 bits per heavy atom. The first kappa shape index (κ1) is 20.7. The van der Waals surface area contributed by atoms with Gasteiger partial charge >= 0.3 is 5.97 Å². The Labute approximate surface area is 185 Å². The summed E-state index contributed by atoms with van der Waals surface area (Å²) in [7, 11) is 1.63. The molecule has 1 N–H and O–H groups in total. The van der Waals surface area contributed by atoms with Gasteiger partial charge in [-0.05, 0) is 71.6 Å². The number of carboxylic acid groups (broad SMARTS) is 1. The number of aryl methyl sites for hydroxylation is 1. The molecule has 4 rings (SSSR count). The van der Waals surface area contributed by atoms with Gasteiger partial charge in [0.05, 0.1) is 24.9 Å². The first-order valence-corrected chi connectivity index (χ1v) is 10.1. The third-order valence-electron chi connectivity index (χ3n) is 5.10. The van der Waals surface area contributed by atoms with Crippen molar-refractivity contribution < 1.29 is 14.6 Å². The molecule has 0 spiro atoms. The smallest absolute Gasteiger partial charge is 0.335 e. The molecule has 1 heterocycles. The van der Waals surface area contributed by atoms with E-state index < -0.39 is 5.97 Å². The van der Waals surface area contributed by atoms with Crippen LogP contribution in [-0.2, 0) is 6.54 Å². The Balaban J connectivity index is 1.79. The maximum absolute atomic E-state index is 11.2. The highest BCUT2D eigenvalue weighted by Crippen LogP contribution is 2.35. The third-order valence-corrected chi connectivity index (χ3v) is 5.31. The van der Waals surface area contributed by atoms with Crippen LogP contribution < -0.4 is 4.74 Å². The third kappa shape index (κ3) is 4.47. The maximum Gasteiger partial charge on any atom is 0.335 e. The number of hydrogen-bond acceptors (Lipinski definition) is 3. The molecule has 4 aromatic rings. The van der Waals surface area contributed by atoms with E-state index in [1.807, 2.05) is 60.1 Å². The topological polar surface area (TPSA) is 64.3 Å². The van der Waals surface area contributed by atoms with Crippen LogP contribution in [0, 0.1) is 6.92 Å². The van der Waals surface area contributed by atoms with E-state index in [9.17, 15) is 9.90 Å². The molecule has 5 nitrogen and oxygen atoms in total. The second-order valence-electron chi connectivity index (χ2n) is 7.30. The lowest BCUT2D eigenvalue weighted by atomic mass is 9.96. The van der Waals surface area contributed by atoms with Crippen molar-refractivity contribution in [2.24, 2.45) is 0 Å². The normalized spacial score (nSPS) is 10.8. The second-order valence-corrected chi connectivity index (χ2v) is 7.74. The largest absolute Gasteiger partial charge is 0.497 e. The lowest BCUT2D eigenvalue weighted by molar-refractivity contribution is 0.0697. The Morgan fingerprint density at radius 1 is 1.03 bits per heavy atom. The SMILES string of the molecule is COc1ccc(-c2ccc(C(=O)O)cc2)c(-c2ccnn2Cc2cc(C)cc(Cl)c2)c1. The van der Waals surface area contributed by atoms with Crippen molar-refractivity contribution in [3.05, 3.63) is 94.6 Å². The number of nitrogens with zero attached hydrogens (tertiary/aromatic N) is 2. The Bertz CT molecular complexity index is 1230. The number of rotatable bonds is 6. The van der Waals surface area contributed by atoms with Gasteiger partial charge < -0.3 is 9.84 Å². The Morgan fingerprint density at radius 2 is 1.81 bits per heavy atom. The van der Waals surface area contributed by atoms with Crippen molar-refractivity contribution in [1.29, 1.82) is 0 Å². The van der Waals surface area contributed by atoms with Crippen LogP contribution >= 0.6 is 11.6 Å². The summed E-state index contributed by atoms with van der Waals surface area (Å²) >= 11 is 6.24. The zero-order valence-corrected chi connectivity index (χ0v) is 17.9. The van der Waals surface area contributed by atoms with Gasteiger partial charge in [0, 0.05) is 16.8 Å². The molecule has 156 valence electrons. The number of halogens is 1. The summed E-state index contributed by atoms with van der Waals surface area (Å²) in [5.41, 5.74) is 6.14. The molecule has 0 amide bonds. The minimum atomic E-state index is -0.948. The molecular formula is C25H21ClN2O3. The highest BCUT2D eigenvalue weighted by molar-refractivity contribution is 6.30. The van der Waals surface area contributed by atoms with Gasteiger partial charge in [0.1, 0.15) is 5.75 Å². The van der Waals surface area contributed by atoms with Crippen LogP contribution in [-0.4, -0.2) is 28.0 Å². The zero-order valence-electron chi connectivity index (χ0n) is 17.2. The first-order valence-electron chi connectivity index (χ1n) is 9.74. The zero-order chi connectivity index (χ0) is 22.0. The summed E-state index contributed by atoms with van der Waals surface area (Å²) in [6.45, 7) is 2.58. The van der Waals surface area contributed by atoms with Gasteiger partial charge in [0.25, 0.3) is 0 Å². The number of carboxylic acids is 1. The minimum absolute atomic E-state index is 0.250. The Hall–Kier alpha value is -3.57. The average molecular weight is 433 g/mol. The van der Waals surface area contributed by atoms with Gasteiger partial charge in [0.2, 0.25) is 0 Å². The second kappa shape index (κ2) is 8.66. The predicted molar refractivity (Wildman–Crippen MR) is 122 cm³/mol. The molecule has 0 fully saturated rings. The summed E-state index contributed by atoms with van der Waals surface area (Å²) in [6, 6.07) is 20.6. The van der Waals surface area contributed by atoms with Crippen LogP contribution in [0.2, 0.25) is 5.02 Å². The van der Waals surface area contributed by atoms with E-state index in [-0.39, 0.29) is 5.56 Å². The number of aromatic nitrogens is 2. The Kier molecular flexibility index (Phi) is 5.78. The predicted octanol–water partition coefficient (Wildman–Crippen LogP) is 5.93. The van der Waals surface area contributed by atoms with E-state index in [4.69, 9.17) is 16.3 Å². The number of carbonyl (C=O) groups is 1. The van der Waals surface area contributed by atoms with Crippen molar-refractivity contribution in [3.8, 4) is 28.1 Å². The molecule has 1 aromatic heterocycles. The number of ether oxygens (including phenoxy) is 1.